The SMILES string of the molecule is Cc1ccc(C(=O)N2CCN(c3cc(C(C)C)nc(C(C)C)n3)CC2)cc1. The lowest BCUT2D eigenvalue weighted by molar-refractivity contribution is 0.0746. The Hall–Kier alpha value is -2.43. The first-order valence-electron chi connectivity index (χ1n) is 9.85. The van der Waals surface area contributed by atoms with Crippen LogP contribution in [-0.2, 0) is 0 Å². The maximum atomic E-state index is 12.7. The van der Waals surface area contributed by atoms with Crippen molar-refractivity contribution in [2.45, 2.75) is 46.5 Å². The van der Waals surface area contributed by atoms with Gasteiger partial charge in [0.25, 0.3) is 5.91 Å². The highest BCUT2D eigenvalue weighted by molar-refractivity contribution is 5.94. The molecule has 1 aliphatic heterocycles. The number of aryl methyl sites for hydroxylation is 1. The van der Waals surface area contributed by atoms with Crippen LogP contribution in [-0.4, -0.2) is 47.0 Å². The first-order chi connectivity index (χ1) is 12.8. The minimum absolute atomic E-state index is 0.114. The van der Waals surface area contributed by atoms with Crippen LogP contribution in [0.15, 0.2) is 30.3 Å². The van der Waals surface area contributed by atoms with Gasteiger partial charge >= 0.3 is 0 Å². The number of carbonyl (C=O) groups is 1. The van der Waals surface area contributed by atoms with Crippen molar-refractivity contribution in [1.29, 1.82) is 0 Å². The average Bonchev–Trinajstić information content (AvgIpc) is 2.67. The number of hydrogen-bond acceptors (Lipinski definition) is 4. The summed E-state index contributed by atoms with van der Waals surface area (Å²) in [5, 5.41) is 0. The van der Waals surface area contributed by atoms with Gasteiger partial charge in [-0.2, -0.15) is 0 Å². The third kappa shape index (κ3) is 4.46. The number of hydrogen-bond donors (Lipinski definition) is 0. The molecule has 0 spiro atoms. The van der Waals surface area contributed by atoms with Gasteiger partial charge in [0.15, 0.2) is 0 Å². The second kappa shape index (κ2) is 8.07. The summed E-state index contributed by atoms with van der Waals surface area (Å²) in [7, 11) is 0. The minimum Gasteiger partial charge on any atom is -0.353 e. The van der Waals surface area contributed by atoms with Crippen molar-refractivity contribution in [3.8, 4) is 0 Å². The Bertz CT molecular complexity index is 764. The molecule has 1 saturated heterocycles. The van der Waals surface area contributed by atoms with E-state index in [0.29, 0.717) is 24.9 Å². The number of piperazine rings is 1. The molecule has 0 atom stereocenters. The Morgan fingerprint density at radius 3 is 2.11 bits per heavy atom. The molecule has 0 N–H and O–H groups in total. The largest absolute Gasteiger partial charge is 0.353 e. The molecule has 0 unspecified atom stereocenters. The van der Waals surface area contributed by atoms with Crippen molar-refractivity contribution < 1.29 is 4.79 Å². The molecule has 1 aromatic carbocycles. The number of aromatic nitrogens is 2. The molecule has 2 aromatic rings. The van der Waals surface area contributed by atoms with Crippen LogP contribution in [0.2, 0.25) is 0 Å². The fourth-order valence-electron chi connectivity index (χ4n) is 3.20. The van der Waals surface area contributed by atoms with Crippen LogP contribution >= 0.6 is 0 Å². The molecule has 1 aromatic heterocycles. The van der Waals surface area contributed by atoms with Gasteiger partial charge in [-0.1, -0.05) is 45.4 Å². The van der Waals surface area contributed by atoms with E-state index in [2.05, 4.69) is 38.7 Å². The predicted molar refractivity (Wildman–Crippen MR) is 110 cm³/mol. The van der Waals surface area contributed by atoms with Crippen molar-refractivity contribution in [2.24, 2.45) is 0 Å². The quantitative estimate of drug-likeness (QED) is 0.821. The van der Waals surface area contributed by atoms with Crippen LogP contribution in [0, 0.1) is 6.92 Å². The number of amides is 1. The first kappa shape index (κ1) is 19.3. The molecule has 1 aliphatic rings. The molecular weight excluding hydrogens is 336 g/mol. The molecule has 1 fully saturated rings. The molecular formula is C22H30N4O. The Balaban J connectivity index is 1.72. The van der Waals surface area contributed by atoms with E-state index in [1.54, 1.807) is 0 Å². The molecule has 0 aliphatic carbocycles. The van der Waals surface area contributed by atoms with Gasteiger partial charge in [0.2, 0.25) is 0 Å². The number of benzene rings is 1. The maximum Gasteiger partial charge on any atom is 0.253 e. The lowest BCUT2D eigenvalue weighted by atomic mass is 10.1. The van der Waals surface area contributed by atoms with E-state index in [4.69, 9.17) is 9.97 Å². The van der Waals surface area contributed by atoms with Crippen LogP contribution in [0.5, 0.6) is 0 Å². The van der Waals surface area contributed by atoms with Crippen LogP contribution < -0.4 is 4.90 Å². The standard InChI is InChI=1S/C22H30N4O/c1-15(2)19-14-20(24-21(23-19)16(3)4)25-10-12-26(13-11-25)22(27)18-8-6-17(5)7-9-18/h6-9,14-16H,10-13H2,1-5H3. The van der Waals surface area contributed by atoms with Crippen LogP contribution in [0.1, 0.15) is 67.0 Å². The minimum atomic E-state index is 0.114. The first-order valence-corrected chi connectivity index (χ1v) is 9.85. The van der Waals surface area contributed by atoms with Gasteiger partial charge in [-0.3, -0.25) is 4.79 Å². The molecule has 3 rings (SSSR count). The van der Waals surface area contributed by atoms with Crippen LogP contribution in [0.25, 0.3) is 0 Å². The topological polar surface area (TPSA) is 49.3 Å². The van der Waals surface area contributed by atoms with Gasteiger partial charge in [0.05, 0.1) is 0 Å². The highest BCUT2D eigenvalue weighted by atomic mass is 16.2. The van der Waals surface area contributed by atoms with E-state index in [-0.39, 0.29) is 5.91 Å². The van der Waals surface area contributed by atoms with Crippen molar-refractivity contribution in [3.05, 3.63) is 53.0 Å². The number of anilines is 1. The summed E-state index contributed by atoms with van der Waals surface area (Å²) in [5.74, 6) is 2.66. The molecule has 1 amide bonds. The molecule has 5 heteroatoms. The Labute approximate surface area is 162 Å². The average molecular weight is 367 g/mol. The molecule has 0 radical (unpaired) electrons. The van der Waals surface area contributed by atoms with E-state index in [1.165, 1.54) is 5.56 Å². The monoisotopic (exact) mass is 366 g/mol. The Morgan fingerprint density at radius 1 is 0.926 bits per heavy atom. The summed E-state index contributed by atoms with van der Waals surface area (Å²) in [5.41, 5.74) is 3.02. The number of carbonyl (C=O) groups excluding carboxylic acids is 1. The van der Waals surface area contributed by atoms with Crippen molar-refractivity contribution in [2.75, 3.05) is 31.1 Å². The fraction of sp³-hybridized carbons (Fsp3) is 0.500. The Kier molecular flexibility index (Phi) is 5.78. The lowest BCUT2D eigenvalue weighted by Gasteiger charge is -2.36. The lowest BCUT2D eigenvalue weighted by Crippen LogP contribution is -2.49. The third-order valence-electron chi connectivity index (χ3n) is 5.05. The van der Waals surface area contributed by atoms with E-state index in [9.17, 15) is 4.79 Å². The molecule has 27 heavy (non-hydrogen) atoms. The summed E-state index contributed by atoms with van der Waals surface area (Å²) in [6, 6.07) is 9.92. The van der Waals surface area contributed by atoms with Gasteiger partial charge < -0.3 is 9.80 Å². The maximum absolute atomic E-state index is 12.7. The highest BCUT2D eigenvalue weighted by Crippen LogP contribution is 2.23. The molecule has 2 heterocycles. The molecule has 5 nitrogen and oxygen atoms in total. The second-order valence-corrected chi connectivity index (χ2v) is 7.96. The zero-order valence-electron chi connectivity index (χ0n) is 17.1. The normalized spacial score (nSPS) is 14.9. The van der Waals surface area contributed by atoms with Gasteiger partial charge in [0.1, 0.15) is 11.6 Å². The summed E-state index contributed by atoms with van der Waals surface area (Å²) >= 11 is 0. The highest BCUT2D eigenvalue weighted by Gasteiger charge is 2.24. The molecule has 0 bridgehead atoms. The summed E-state index contributed by atoms with van der Waals surface area (Å²) < 4.78 is 0. The van der Waals surface area contributed by atoms with E-state index in [0.717, 1.165) is 36.0 Å². The fourth-order valence-corrected chi connectivity index (χ4v) is 3.20. The number of rotatable bonds is 4. The van der Waals surface area contributed by atoms with Crippen molar-refractivity contribution >= 4 is 11.7 Å². The third-order valence-corrected chi connectivity index (χ3v) is 5.05. The van der Waals surface area contributed by atoms with Crippen molar-refractivity contribution in [1.82, 2.24) is 14.9 Å². The molecule has 144 valence electrons. The zero-order valence-corrected chi connectivity index (χ0v) is 17.1. The van der Waals surface area contributed by atoms with Crippen LogP contribution in [0.3, 0.4) is 0 Å². The van der Waals surface area contributed by atoms with Crippen LogP contribution in [0.4, 0.5) is 5.82 Å². The van der Waals surface area contributed by atoms with Gasteiger partial charge in [-0.05, 0) is 25.0 Å². The smallest absolute Gasteiger partial charge is 0.253 e. The van der Waals surface area contributed by atoms with E-state index in [1.807, 2.05) is 36.1 Å². The summed E-state index contributed by atoms with van der Waals surface area (Å²) in [4.78, 5) is 26.4. The van der Waals surface area contributed by atoms with E-state index < -0.39 is 0 Å². The number of nitrogens with zero attached hydrogens (tertiary/aromatic N) is 4. The van der Waals surface area contributed by atoms with Gasteiger partial charge in [0, 0.05) is 49.4 Å². The zero-order chi connectivity index (χ0) is 19.6. The molecule has 0 saturated carbocycles. The summed E-state index contributed by atoms with van der Waals surface area (Å²) in [6.07, 6.45) is 0. The Morgan fingerprint density at radius 2 is 1.56 bits per heavy atom. The predicted octanol–water partition coefficient (Wildman–Crippen LogP) is 3.99. The van der Waals surface area contributed by atoms with Gasteiger partial charge in [-0.25, -0.2) is 9.97 Å². The summed E-state index contributed by atoms with van der Waals surface area (Å²) in [6.45, 7) is 13.6. The van der Waals surface area contributed by atoms with E-state index >= 15 is 0 Å². The second-order valence-electron chi connectivity index (χ2n) is 7.96. The van der Waals surface area contributed by atoms with Gasteiger partial charge in [-0.15, -0.1) is 0 Å². The van der Waals surface area contributed by atoms with Crippen molar-refractivity contribution in [3.63, 3.8) is 0 Å².